The molecule has 0 heterocycles. The molecule has 0 aromatic heterocycles. The van der Waals surface area contributed by atoms with Crippen LogP contribution in [0.15, 0.2) is 121 Å². The van der Waals surface area contributed by atoms with Gasteiger partial charge < -0.3 is 18.1 Å². The minimum atomic E-state index is -3.84. The molecule has 5 rings (SSSR count). The van der Waals surface area contributed by atoms with Gasteiger partial charge in [-0.1, -0.05) is 97.1 Å². The van der Waals surface area contributed by atoms with Crippen molar-refractivity contribution in [1.82, 2.24) is 10.2 Å². The van der Waals surface area contributed by atoms with Gasteiger partial charge in [0.15, 0.2) is 0 Å². The zero-order valence-corrected chi connectivity index (χ0v) is 28.1. The Morgan fingerprint density at radius 1 is 0.413 bits per heavy atom. The largest absolute Gasteiger partial charge is 0.513 e. The van der Waals surface area contributed by atoms with Crippen LogP contribution in [0.1, 0.15) is 33.4 Å². The summed E-state index contributed by atoms with van der Waals surface area (Å²) in [7, 11) is -7.67. The standard InChI is InChI=1S/C36H38N2O6P2/c1-27-13-5-9-17-33(27)41-45(39,42-34-18-10-6-14-28(34)2)37-25-31-21-23-32(24-22-31)26-38-46(40,43-35-19-11-7-15-29(35)3)44-36-20-12-8-16-30(36)4/h5-24H,25-26H2,1-4H3,(H,37,39)(H,38,40). The average molecular weight is 657 g/mol. The summed E-state index contributed by atoms with van der Waals surface area (Å²) in [5.74, 6) is 1.88. The van der Waals surface area contributed by atoms with Gasteiger partial charge in [-0.05, 0) is 85.3 Å². The normalized spacial score (nSPS) is 11.6. The Morgan fingerprint density at radius 2 is 0.652 bits per heavy atom. The van der Waals surface area contributed by atoms with Crippen LogP contribution in [0.2, 0.25) is 0 Å². The van der Waals surface area contributed by atoms with Crippen molar-refractivity contribution in [3.05, 3.63) is 155 Å². The molecule has 0 aliphatic rings. The Balaban J connectivity index is 1.29. The molecule has 0 amide bonds. The second kappa shape index (κ2) is 14.8. The Bertz CT molecular complexity index is 1640. The second-order valence-electron chi connectivity index (χ2n) is 10.9. The van der Waals surface area contributed by atoms with E-state index in [1.807, 2.05) is 125 Å². The molecule has 0 atom stereocenters. The molecule has 10 heteroatoms. The molecule has 46 heavy (non-hydrogen) atoms. The molecule has 5 aromatic carbocycles. The zero-order chi connectivity index (χ0) is 32.6. The maximum Gasteiger partial charge on any atom is 0.513 e. The fourth-order valence-corrected chi connectivity index (χ4v) is 7.41. The minimum absolute atomic E-state index is 0.216. The van der Waals surface area contributed by atoms with Crippen LogP contribution in [0.5, 0.6) is 23.0 Å². The van der Waals surface area contributed by atoms with Gasteiger partial charge in [-0.3, -0.25) is 0 Å². The van der Waals surface area contributed by atoms with Crippen molar-refractivity contribution in [3.8, 4) is 23.0 Å². The number of rotatable bonds is 14. The Hall–Kier alpha value is -4.32. The van der Waals surface area contributed by atoms with Gasteiger partial charge in [-0.15, -0.1) is 0 Å². The molecule has 8 nitrogen and oxygen atoms in total. The average Bonchev–Trinajstić information content (AvgIpc) is 3.04. The monoisotopic (exact) mass is 656 g/mol. The quantitative estimate of drug-likeness (QED) is 0.114. The highest BCUT2D eigenvalue weighted by molar-refractivity contribution is 7.52. The van der Waals surface area contributed by atoms with Gasteiger partial charge in [-0.25, -0.2) is 9.13 Å². The second-order valence-corrected chi connectivity index (χ2v) is 14.3. The molecule has 0 aliphatic carbocycles. The molecule has 0 saturated heterocycles. The van der Waals surface area contributed by atoms with Crippen molar-refractivity contribution < 1.29 is 27.2 Å². The molecule has 0 fully saturated rings. The van der Waals surface area contributed by atoms with Gasteiger partial charge in [0.05, 0.1) is 0 Å². The summed E-state index contributed by atoms with van der Waals surface area (Å²) in [6.07, 6.45) is 0. The molecule has 0 aliphatic heterocycles. The van der Waals surface area contributed by atoms with Crippen molar-refractivity contribution in [2.75, 3.05) is 0 Å². The van der Waals surface area contributed by atoms with Crippen LogP contribution >= 0.6 is 15.5 Å². The lowest BCUT2D eigenvalue weighted by Crippen LogP contribution is -2.20. The number of hydrogen-bond donors (Lipinski definition) is 2. The number of nitrogens with one attached hydrogen (secondary N) is 2. The number of aryl methyl sites for hydroxylation is 4. The van der Waals surface area contributed by atoms with Crippen molar-refractivity contribution in [2.45, 2.75) is 40.8 Å². The highest BCUT2D eigenvalue weighted by atomic mass is 31.2. The van der Waals surface area contributed by atoms with E-state index in [0.717, 1.165) is 33.4 Å². The van der Waals surface area contributed by atoms with Gasteiger partial charge in [0.2, 0.25) is 0 Å². The van der Waals surface area contributed by atoms with E-state index in [1.165, 1.54) is 0 Å². The number of benzene rings is 5. The van der Waals surface area contributed by atoms with E-state index in [4.69, 9.17) is 18.1 Å². The van der Waals surface area contributed by atoms with Crippen LogP contribution in [-0.2, 0) is 22.2 Å². The van der Waals surface area contributed by atoms with E-state index < -0.39 is 15.5 Å². The Morgan fingerprint density at radius 3 is 0.891 bits per heavy atom. The third-order valence-electron chi connectivity index (χ3n) is 7.23. The fraction of sp³-hybridized carbons (Fsp3) is 0.167. The third kappa shape index (κ3) is 8.90. The topological polar surface area (TPSA) is 95.1 Å². The van der Waals surface area contributed by atoms with Gasteiger partial charge >= 0.3 is 15.5 Å². The number of hydrogen-bond acceptors (Lipinski definition) is 6. The molecular weight excluding hydrogens is 618 g/mol. The van der Waals surface area contributed by atoms with E-state index in [0.29, 0.717) is 23.0 Å². The molecule has 238 valence electrons. The van der Waals surface area contributed by atoms with E-state index >= 15 is 0 Å². The van der Waals surface area contributed by atoms with Crippen molar-refractivity contribution >= 4 is 15.5 Å². The molecular formula is C36H38N2O6P2. The first-order chi connectivity index (χ1) is 22.1. The van der Waals surface area contributed by atoms with Crippen molar-refractivity contribution in [1.29, 1.82) is 0 Å². The lowest BCUT2D eigenvalue weighted by atomic mass is 10.1. The molecule has 0 bridgehead atoms. The Labute approximate surface area is 270 Å². The SMILES string of the molecule is Cc1ccccc1OP(=O)(NCc1ccc(CNP(=O)(Oc2ccccc2C)Oc2ccccc2C)cc1)Oc1ccccc1C. The van der Waals surface area contributed by atoms with E-state index in [9.17, 15) is 9.13 Å². The smallest absolute Gasteiger partial charge is 0.404 e. The first kappa shape index (κ1) is 33.1. The van der Waals surface area contributed by atoms with Crippen LogP contribution in [0.4, 0.5) is 0 Å². The predicted octanol–water partition coefficient (Wildman–Crippen LogP) is 9.63. The summed E-state index contributed by atoms with van der Waals surface area (Å²) < 4.78 is 52.0. The summed E-state index contributed by atoms with van der Waals surface area (Å²) >= 11 is 0. The highest BCUT2D eigenvalue weighted by Crippen LogP contribution is 2.48. The van der Waals surface area contributed by atoms with Crippen LogP contribution in [0, 0.1) is 27.7 Å². The van der Waals surface area contributed by atoms with E-state index in [2.05, 4.69) is 10.2 Å². The first-order valence-corrected chi connectivity index (χ1v) is 18.0. The van der Waals surface area contributed by atoms with Crippen LogP contribution in [0.3, 0.4) is 0 Å². The van der Waals surface area contributed by atoms with Crippen molar-refractivity contribution in [2.24, 2.45) is 0 Å². The van der Waals surface area contributed by atoms with E-state index in [1.54, 1.807) is 24.3 Å². The first-order valence-electron chi connectivity index (χ1n) is 14.9. The van der Waals surface area contributed by atoms with Crippen LogP contribution in [0.25, 0.3) is 0 Å². The molecule has 5 aromatic rings. The van der Waals surface area contributed by atoms with Gasteiger partial charge in [0.1, 0.15) is 23.0 Å². The molecule has 0 saturated carbocycles. The maximum atomic E-state index is 14.0. The summed E-state index contributed by atoms with van der Waals surface area (Å²) in [5.41, 5.74) is 5.05. The van der Waals surface area contributed by atoms with Gasteiger partial charge in [0.25, 0.3) is 0 Å². The lowest BCUT2D eigenvalue weighted by Gasteiger charge is -2.23. The molecule has 0 spiro atoms. The fourth-order valence-electron chi connectivity index (χ4n) is 4.47. The molecule has 0 radical (unpaired) electrons. The maximum absolute atomic E-state index is 14.0. The van der Waals surface area contributed by atoms with Gasteiger partial charge in [-0.2, -0.15) is 10.2 Å². The summed E-state index contributed by atoms with van der Waals surface area (Å²) in [5, 5.41) is 6.03. The highest BCUT2D eigenvalue weighted by Gasteiger charge is 2.31. The van der Waals surface area contributed by atoms with Crippen LogP contribution < -0.4 is 28.3 Å². The van der Waals surface area contributed by atoms with Crippen LogP contribution in [-0.4, -0.2) is 0 Å². The zero-order valence-electron chi connectivity index (χ0n) is 26.3. The van der Waals surface area contributed by atoms with Gasteiger partial charge in [0, 0.05) is 13.1 Å². The molecule has 0 unspecified atom stereocenters. The van der Waals surface area contributed by atoms with E-state index in [-0.39, 0.29) is 13.1 Å². The Kier molecular flexibility index (Phi) is 10.7. The van der Waals surface area contributed by atoms with Crippen molar-refractivity contribution in [3.63, 3.8) is 0 Å². The summed E-state index contributed by atoms with van der Waals surface area (Å²) in [6.45, 7) is 7.98. The summed E-state index contributed by atoms with van der Waals surface area (Å²) in [4.78, 5) is 0. The lowest BCUT2D eigenvalue weighted by molar-refractivity contribution is 0.366. The summed E-state index contributed by atoms with van der Waals surface area (Å²) in [6, 6.07) is 37.0. The third-order valence-corrected chi connectivity index (χ3v) is 10.1. The minimum Gasteiger partial charge on any atom is -0.404 e. The predicted molar refractivity (Wildman–Crippen MR) is 183 cm³/mol. The number of para-hydroxylation sites is 4. The molecule has 2 N–H and O–H groups in total.